The first-order chi connectivity index (χ1) is 13.3. The first-order valence-electron chi connectivity index (χ1n) is 9.01. The summed E-state index contributed by atoms with van der Waals surface area (Å²) in [7, 11) is 0. The van der Waals surface area contributed by atoms with Crippen LogP contribution in [0.2, 0.25) is 0 Å². The summed E-state index contributed by atoms with van der Waals surface area (Å²) in [4.78, 5) is 23.6. The van der Waals surface area contributed by atoms with Gasteiger partial charge in [0.1, 0.15) is 11.9 Å². The van der Waals surface area contributed by atoms with Gasteiger partial charge in [0.25, 0.3) is 0 Å². The van der Waals surface area contributed by atoms with Crippen LogP contribution in [0.1, 0.15) is 17.2 Å². The summed E-state index contributed by atoms with van der Waals surface area (Å²) in [6.45, 7) is 1.94. The fourth-order valence-corrected chi connectivity index (χ4v) is 3.25. The lowest BCUT2D eigenvalue weighted by Crippen LogP contribution is -2.50. The monoisotopic (exact) mass is 359 g/mol. The Hall–Kier alpha value is -3.41. The molecule has 0 bridgehead atoms. The van der Waals surface area contributed by atoms with E-state index in [1.807, 2.05) is 59.5 Å². The molecule has 2 N–H and O–H groups in total. The highest BCUT2D eigenvalue weighted by Gasteiger charge is 2.32. The minimum absolute atomic E-state index is 0.00939. The lowest BCUT2D eigenvalue weighted by molar-refractivity contribution is -0.123. The van der Waals surface area contributed by atoms with Gasteiger partial charge in [-0.3, -0.25) is 4.79 Å². The number of piperazine rings is 1. The van der Waals surface area contributed by atoms with Crippen LogP contribution >= 0.6 is 0 Å². The number of benzene rings is 2. The normalized spacial score (nSPS) is 16.7. The molecular formula is C21H21N5O. The second kappa shape index (κ2) is 7.86. The Morgan fingerprint density at radius 2 is 1.78 bits per heavy atom. The van der Waals surface area contributed by atoms with Crippen molar-refractivity contribution in [3.8, 4) is 0 Å². The number of hydrogen-bond donors (Lipinski definition) is 2. The maximum Gasteiger partial charge on any atom is 0.247 e. The zero-order valence-corrected chi connectivity index (χ0v) is 14.9. The number of rotatable bonds is 5. The van der Waals surface area contributed by atoms with Gasteiger partial charge in [-0.1, -0.05) is 60.7 Å². The number of carbonyl (C=O) groups excluding carboxylic acids is 1. The first-order valence-corrected chi connectivity index (χ1v) is 9.01. The standard InChI is InChI=1S/C21H21N5O/c27-20-19(17-9-5-2-6-10-17)26(14-13-22-20)18-11-12-23-21(25-18)24-15-16-7-3-1-4-8-16/h1-12,19H,13-15H2,(H,22,27)(H,23,24,25). The smallest absolute Gasteiger partial charge is 0.247 e. The summed E-state index contributed by atoms with van der Waals surface area (Å²) in [5.74, 6) is 1.28. The molecule has 1 atom stereocenters. The van der Waals surface area contributed by atoms with Crippen LogP contribution in [0.3, 0.4) is 0 Å². The van der Waals surface area contributed by atoms with E-state index in [1.165, 1.54) is 0 Å². The molecule has 1 aromatic heterocycles. The van der Waals surface area contributed by atoms with Gasteiger partial charge in [-0.2, -0.15) is 4.98 Å². The molecule has 0 spiro atoms. The average molecular weight is 359 g/mol. The maximum absolute atomic E-state index is 12.6. The Balaban J connectivity index is 1.57. The predicted octanol–water partition coefficient (Wildman–Crippen LogP) is 2.77. The van der Waals surface area contributed by atoms with Gasteiger partial charge in [-0.25, -0.2) is 4.98 Å². The van der Waals surface area contributed by atoms with Gasteiger partial charge in [0, 0.05) is 25.8 Å². The predicted molar refractivity (Wildman–Crippen MR) is 105 cm³/mol. The van der Waals surface area contributed by atoms with Gasteiger partial charge >= 0.3 is 0 Å². The van der Waals surface area contributed by atoms with Gasteiger partial charge in [-0.05, 0) is 17.2 Å². The zero-order chi connectivity index (χ0) is 18.5. The highest BCUT2D eigenvalue weighted by molar-refractivity contribution is 5.87. The third-order valence-corrected chi connectivity index (χ3v) is 4.56. The molecule has 1 unspecified atom stereocenters. The number of nitrogens with one attached hydrogen (secondary N) is 2. The molecule has 0 saturated carbocycles. The van der Waals surface area contributed by atoms with E-state index in [0.717, 1.165) is 16.9 Å². The van der Waals surface area contributed by atoms with Crippen LogP contribution in [0, 0.1) is 0 Å². The third-order valence-electron chi connectivity index (χ3n) is 4.56. The van der Waals surface area contributed by atoms with Crippen molar-refractivity contribution in [2.75, 3.05) is 23.3 Å². The molecule has 1 aliphatic heterocycles. The quantitative estimate of drug-likeness (QED) is 0.733. The van der Waals surface area contributed by atoms with Crippen molar-refractivity contribution < 1.29 is 4.79 Å². The molecule has 1 saturated heterocycles. The Morgan fingerprint density at radius 1 is 1.04 bits per heavy atom. The van der Waals surface area contributed by atoms with Crippen molar-refractivity contribution in [1.29, 1.82) is 0 Å². The molecule has 0 radical (unpaired) electrons. The van der Waals surface area contributed by atoms with E-state index in [-0.39, 0.29) is 5.91 Å². The van der Waals surface area contributed by atoms with Crippen molar-refractivity contribution in [3.05, 3.63) is 84.1 Å². The van der Waals surface area contributed by atoms with E-state index in [1.54, 1.807) is 6.20 Å². The van der Waals surface area contributed by atoms with Crippen LogP contribution in [0.4, 0.5) is 11.8 Å². The van der Waals surface area contributed by atoms with Crippen molar-refractivity contribution in [1.82, 2.24) is 15.3 Å². The van der Waals surface area contributed by atoms with Crippen molar-refractivity contribution >= 4 is 17.7 Å². The van der Waals surface area contributed by atoms with Crippen LogP contribution < -0.4 is 15.5 Å². The summed E-state index contributed by atoms with van der Waals surface area (Å²) in [5, 5.41) is 6.21. The molecular weight excluding hydrogens is 338 g/mol. The SMILES string of the molecule is O=C1NCCN(c2ccnc(NCc3ccccc3)n2)C1c1ccccc1. The van der Waals surface area contributed by atoms with E-state index < -0.39 is 6.04 Å². The van der Waals surface area contributed by atoms with E-state index >= 15 is 0 Å². The molecule has 1 fully saturated rings. The molecule has 0 aliphatic carbocycles. The first kappa shape index (κ1) is 17.0. The second-order valence-electron chi connectivity index (χ2n) is 6.38. The third kappa shape index (κ3) is 3.89. The van der Waals surface area contributed by atoms with Gasteiger partial charge in [0.2, 0.25) is 11.9 Å². The molecule has 3 aromatic rings. The van der Waals surface area contributed by atoms with Crippen LogP contribution in [0.15, 0.2) is 72.9 Å². The molecule has 6 heteroatoms. The minimum Gasteiger partial charge on any atom is -0.352 e. The van der Waals surface area contributed by atoms with Crippen LogP contribution in [-0.4, -0.2) is 29.0 Å². The van der Waals surface area contributed by atoms with Crippen molar-refractivity contribution in [2.24, 2.45) is 0 Å². The molecule has 6 nitrogen and oxygen atoms in total. The summed E-state index contributed by atoms with van der Waals surface area (Å²) in [6, 6.07) is 21.3. The lowest BCUT2D eigenvalue weighted by atomic mass is 10.0. The van der Waals surface area contributed by atoms with Gasteiger partial charge in [0.05, 0.1) is 0 Å². The van der Waals surface area contributed by atoms with Gasteiger partial charge in [-0.15, -0.1) is 0 Å². The molecule has 2 aromatic carbocycles. The van der Waals surface area contributed by atoms with Crippen LogP contribution in [0.25, 0.3) is 0 Å². The van der Waals surface area contributed by atoms with E-state index in [9.17, 15) is 4.79 Å². The van der Waals surface area contributed by atoms with Crippen molar-refractivity contribution in [3.63, 3.8) is 0 Å². The fourth-order valence-electron chi connectivity index (χ4n) is 3.25. The Morgan fingerprint density at radius 3 is 2.56 bits per heavy atom. The molecule has 2 heterocycles. The Bertz CT molecular complexity index is 901. The van der Waals surface area contributed by atoms with Gasteiger partial charge < -0.3 is 15.5 Å². The second-order valence-corrected chi connectivity index (χ2v) is 6.38. The van der Waals surface area contributed by atoms with E-state index in [0.29, 0.717) is 25.6 Å². The number of anilines is 2. The van der Waals surface area contributed by atoms with E-state index in [2.05, 4.69) is 32.7 Å². The maximum atomic E-state index is 12.6. The Labute approximate surface area is 158 Å². The van der Waals surface area contributed by atoms with E-state index in [4.69, 9.17) is 0 Å². The summed E-state index contributed by atoms with van der Waals surface area (Å²) in [5.41, 5.74) is 2.11. The summed E-state index contributed by atoms with van der Waals surface area (Å²) < 4.78 is 0. The number of nitrogens with zero attached hydrogens (tertiary/aromatic N) is 3. The highest BCUT2D eigenvalue weighted by atomic mass is 16.2. The fraction of sp³-hybridized carbons (Fsp3) is 0.190. The van der Waals surface area contributed by atoms with Crippen LogP contribution in [-0.2, 0) is 11.3 Å². The minimum atomic E-state index is -0.392. The number of aromatic nitrogens is 2. The molecule has 27 heavy (non-hydrogen) atoms. The number of hydrogen-bond acceptors (Lipinski definition) is 5. The Kier molecular flexibility index (Phi) is 4.96. The molecule has 136 valence electrons. The largest absolute Gasteiger partial charge is 0.352 e. The summed E-state index contributed by atoms with van der Waals surface area (Å²) >= 11 is 0. The van der Waals surface area contributed by atoms with Crippen molar-refractivity contribution in [2.45, 2.75) is 12.6 Å². The lowest BCUT2D eigenvalue weighted by Gasteiger charge is -2.36. The van der Waals surface area contributed by atoms with Crippen LogP contribution in [0.5, 0.6) is 0 Å². The highest BCUT2D eigenvalue weighted by Crippen LogP contribution is 2.28. The van der Waals surface area contributed by atoms with Gasteiger partial charge in [0.15, 0.2) is 0 Å². The average Bonchev–Trinajstić information content (AvgIpc) is 2.74. The number of amides is 1. The zero-order valence-electron chi connectivity index (χ0n) is 14.9. The molecule has 1 amide bonds. The molecule has 4 rings (SSSR count). The summed E-state index contributed by atoms with van der Waals surface area (Å²) in [6.07, 6.45) is 1.73. The topological polar surface area (TPSA) is 70.2 Å². The molecule has 1 aliphatic rings. The number of carbonyl (C=O) groups is 1.